The van der Waals surface area contributed by atoms with E-state index in [-0.39, 0.29) is 5.97 Å². The molecule has 2 N–H and O–H groups in total. The highest BCUT2D eigenvalue weighted by atomic mass is 16.5. The van der Waals surface area contributed by atoms with Gasteiger partial charge in [0.2, 0.25) is 0 Å². The molecule has 0 fully saturated rings. The van der Waals surface area contributed by atoms with Gasteiger partial charge in [-0.3, -0.25) is 0 Å². The van der Waals surface area contributed by atoms with Crippen LogP contribution in [0.4, 0.5) is 5.82 Å². The predicted octanol–water partition coefficient (Wildman–Crippen LogP) is 1.04. The Bertz CT molecular complexity index is 369. The fourth-order valence-corrected chi connectivity index (χ4v) is 1.59. The molecule has 0 atom stereocenters. The Morgan fingerprint density at radius 3 is 2.88 bits per heavy atom. The number of rotatable bonds is 6. The van der Waals surface area contributed by atoms with Crippen LogP contribution in [0.2, 0.25) is 0 Å². The first-order valence-electron chi connectivity index (χ1n) is 5.81. The number of likely N-dealkylation sites (N-methyl/N-ethyl adjacent to an activating group) is 1. The van der Waals surface area contributed by atoms with Crippen molar-refractivity contribution < 1.29 is 9.53 Å². The summed E-state index contributed by atoms with van der Waals surface area (Å²) in [6, 6.07) is 3.45. The average molecular weight is 237 g/mol. The number of esters is 1. The van der Waals surface area contributed by atoms with E-state index in [0.29, 0.717) is 31.1 Å². The van der Waals surface area contributed by atoms with Crippen LogP contribution >= 0.6 is 0 Å². The quantitative estimate of drug-likeness (QED) is 0.749. The van der Waals surface area contributed by atoms with Gasteiger partial charge in [-0.15, -0.1) is 0 Å². The monoisotopic (exact) mass is 237 g/mol. The molecule has 1 heterocycles. The molecule has 5 nitrogen and oxygen atoms in total. The van der Waals surface area contributed by atoms with E-state index >= 15 is 0 Å². The molecule has 1 aromatic rings. The maximum absolute atomic E-state index is 11.8. The molecular weight excluding hydrogens is 218 g/mol. The number of nitrogens with zero attached hydrogens (tertiary/aromatic N) is 2. The number of hydrogen-bond acceptors (Lipinski definition) is 5. The maximum Gasteiger partial charge on any atom is 0.341 e. The van der Waals surface area contributed by atoms with Gasteiger partial charge in [0.05, 0.1) is 6.61 Å². The summed E-state index contributed by atoms with van der Waals surface area (Å²) in [4.78, 5) is 18.0. The lowest BCUT2D eigenvalue weighted by Gasteiger charge is -2.22. The zero-order valence-corrected chi connectivity index (χ0v) is 10.3. The van der Waals surface area contributed by atoms with Gasteiger partial charge in [-0.2, -0.15) is 0 Å². The van der Waals surface area contributed by atoms with Crippen LogP contribution in [-0.4, -0.2) is 37.2 Å². The van der Waals surface area contributed by atoms with Crippen molar-refractivity contribution in [3.8, 4) is 0 Å². The fraction of sp³-hybridized carbons (Fsp3) is 0.500. The summed E-state index contributed by atoms with van der Waals surface area (Å²) in [7, 11) is 0. The summed E-state index contributed by atoms with van der Waals surface area (Å²) >= 11 is 0. The van der Waals surface area contributed by atoms with Crippen LogP contribution < -0.4 is 10.6 Å². The molecule has 0 aliphatic rings. The van der Waals surface area contributed by atoms with Crippen molar-refractivity contribution in [1.29, 1.82) is 0 Å². The summed E-state index contributed by atoms with van der Waals surface area (Å²) in [5.74, 6) is 0.296. The van der Waals surface area contributed by atoms with Gasteiger partial charge in [0.1, 0.15) is 11.4 Å². The highest BCUT2D eigenvalue weighted by Crippen LogP contribution is 2.17. The number of nitrogens with two attached hydrogens (primary N) is 1. The van der Waals surface area contributed by atoms with Crippen molar-refractivity contribution in [1.82, 2.24) is 4.98 Å². The van der Waals surface area contributed by atoms with E-state index in [0.717, 1.165) is 6.54 Å². The normalized spacial score (nSPS) is 10.1. The number of anilines is 1. The Hall–Kier alpha value is -1.62. The average Bonchev–Trinajstić information content (AvgIpc) is 2.36. The van der Waals surface area contributed by atoms with Crippen molar-refractivity contribution in [2.24, 2.45) is 5.73 Å². The molecule has 0 saturated heterocycles. The zero-order valence-electron chi connectivity index (χ0n) is 10.3. The Balaban J connectivity index is 3.01. The molecule has 0 radical (unpaired) electrons. The number of carbonyl (C=O) groups is 1. The van der Waals surface area contributed by atoms with Crippen LogP contribution in [0.5, 0.6) is 0 Å². The number of aromatic nitrogens is 1. The van der Waals surface area contributed by atoms with Gasteiger partial charge < -0.3 is 15.4 Å². The second kappa shape index (κ2) is 6.85. The van der Waals surface area contributed by atoms with Crippen LogP contribution in [0, 0.1) is 0 Å². The Morgan fingerprint density at radius 1 is 1.53 bits per heavy atom. The van der Waals surface area contributed by atoms with Gasteiger partial charge in [0, 0.05) is 25.8 Å². The van der Waals surface area contributed by atoms with Gasteiger partial charge >= 0.3 is 5.97 Å². The first kappa shape index (κ1) is 13.4. The molecular formula is C12H19N3O2. The van der Waals surface area contributed by atoms with Crippen molar-refractivity contribution in [2.75, 3.05) is 31.1 Å². The molecule has 94 valence electrons. The number of ether oxygens (including phenoxy) is 1. The standard InChI is InChI=1S/C12H19N3O2/c1-3-15(9-7-13)11-10(6-5-8-14-11)12(16)17-4-2/h5-6,8H,3-4,7,9,13H2,1-2H3. The fourth-order valence-electron chi connectivity index (χ4n) is 1.59. The Labute approximate surface area is 102 Å². The van der Waals surface area contributed by atoms with Crippen LogP contribution in [0.1, 0.15) is 24.2 Å². The van der Waals surface area contributed by atoms with Gasteiger partial charge in [-0.1, -0.05) is 0 Å². The minimum Gasteiger partial charge on any atom is -0.462 e. The first-order chi connectivity index (χ1) is 8.24. The molecule has 0 saturated carbocycles. The van der Waals surface area contributed by atoms with E-state index < -0.39 is 0 Å². The van der Waals surface area contributed by atoms with Crippen molar-refractivity contribution in [2.45, 2.75) is 13.8 Å². The molecule has 0 amide bonds. The van der Waals surface area contributed by atoms with Crippen molar-refractivity contribution in [3.05, 3.63) is 23.9 Å². The molecule has 0 aliphatic carbocycles. The van der Waals surface area contributed by atoms with Gasteiger partial charge in [-0.05, 0) is 26.0 Å². The van der Waals surface area contributed by atoms with Crippen molar-refractivity contribution in [3.63, 3.8) is 0 Å². The highest BCUT2D eigenvalue weighted by molar-refractivity contribution is 5.94. The molecule has 0 spiro atoms. The molecule has 0 unspecified atom stereocenters. The summed E-state index contributed by atoms with van der Waals surface area (Å²) in [5.41, 5.74) is 6.03. The zero-order chi connectivity index (χ0) is 12.7. The van der Waals surface area contributed by atoms with Crippen LogP contribution in [0.3, 0.4) is 0 Å². The third kappa shape index (κ3) is 3.42. The molecule has 0 aromatic carbocycles. The molecule has 0 bridgehead atoms. The second-order valence-corrected chi connectivity index (χ2v) is 3.46. The molecule has 1 aromatic heterocycles. The largest absolute Gasteiger partial charge is 0.462 e. The van der Waals surface area contributed by atoms with E-state index in [1.54, 1.807) is 25.3 Å². The second-order valence-electron chi connectivity index (χ2n) is 3.46. The SMILES string of the molecule is CCOC(=O)c1cccnc1N(CC)CCN. The maximum atomic E-state index is 11.8. The number of carbonyl (C=O) groups excluding carboxylic acids is 1. The summed E-state index contributed by atoms with van der Waals surface area (Å²) in [6.07, 6.45) is 1.66. The van der Waals surface area contributed by atoms with Crippen LogP contribution in [0.25, 0.3) is 0 Å². The van der Waals surface area contributed by atoms with Crippen LogP contribution in [0.15, 0.2) is 18.3 Å². The van der Waals surface area contributed by atoms with E-state index in [1.165, 1.54) is 0 Å². The Kier molecular flexibility index (Phi) is 5.42. The minimum absolute atomic E-state index is 0.342. The lowest BCUT2D eigenvalue weighted by Crippen LogP contribution is -2.31. The minimum atomic E-state index is -0.342. The van der Waals surface area contributed by atoms with Gasteiger partial charge in [-0.25, -0.2) is 9.78 Å². The predicted molar refractivity (Wildman–Crippen MR) is 67.1 cm³/mol. The number of hydrogen-bond donors (Lipinski definition) is 1. The summed E-state index contributed by atoms with van der Waals surface area (Å²) in [6.45, 7) is 6.08. The molecule has 5 heteroatoms. The molecule has 17 heavy (non-hydrogen) atoms. The van der Waals surface area contributed by atoms with Gasteiger partial charge in [0.15, 0.2) is 0 Å². The van der Waals surface area contributed by atoms with E-state index in [1.807, 2.05) is 11.8 Å². The van der Waals surface area contributed by atoms with Gasteiger partial charge in [0.25, 0.3) is 0 Å². The summed E-state index contributed by atoms with van der Waals surface area (Å²) < 4.78 is 5.00. The Morgan fingerprint density at radius 2 is 2.29 bits per heavy atom. The molecule has 1 rings (SSSR count). The van der Waals surface area contributed by atoms with E-state index in [4.69, 9.17) is 10.5 Å². The topological polar surface area (TPSA) is 68.5 Å². The van der Waals surface area contributed by atoms with E-state index in [2.05, 4.69) is 4.98 Å². The first-order valence-corrected chi connectivity index (χ1v) is 5.81. The third-order valence-electron chi connectivity index (χ3n) is 2.36. The van der Waals surface area contributed by atoms with Crippen LogP contribution in [-0.2, 0) is 4.74 Å². The summed E-state index contributed by atoms with van der Waals surface area (Å²) in [5, 5.41) is 0. The highest BCUT2D eigenvalue weighted by Gasteiger charge is 2.17. The van der Waals surface area contributed by atoms with E-state index in [9.17, 15) is 4.79 Å². The smallest absolute Gasteiger partial charge is 0.341 e. The number of pyridine rings is 1. The van der Waals surface area contributed by atoms with Crippen molar-refractivity contribution >= 4 is 11.8 Å². The molecule has 0 aliphatic heterocycles. The third-order valence-corrected chi connectivity index (χ3v) is 2.36. The lowest BCUT2D eigenvalue weighted by atomic mass is 10.2. The lowest BCUT2D eigenvalue weighted by molar-refractivity contribution is 0.0526.